The molecule has 0 rings (SSSR count). The number of carbonyl (C=O) groups excluding carboxylic acids is 2. The summed E-state index contributed by atoms with van der Waals surface area (Å²) in [6.07, 6.45) is 44.7. The van der Waals surface area contributed by atoms with Crippen molar-refractivity contribution in [3.8, 4) is 0 Å². The number of hydrogen-bond donors (Lipinski definition) is 2. The van der Waals surface area contributed by atoms with Gasteiger partial charge in [0.2, 0.25) is 0 Å². The zero-order chi connectivity index (χ0) is 39.6. The minimum atomic E-state index is -4.38. The number of phosphoric acid groups is 1. The molecule has 0 aromatic rings. The lowest BCUT2D eigenvalue weighted by Crippen LogP contribution is -2.29. The first-order valence-corrected chi connectivity index (χ1v) is 23.5. The van der Waals surface area contributed by atoms with Gasteiger partial charge < -0.3 is 20.1 Å². The molecule has 0 aliphatic rings. The average molecular weight is 784 g/mol. The first-order valence-electron chi connectivity index (χ1n) is 22.0. The van der Waals surface area contributed by atoms with Gasteiger partial charge in [-0.1, -0.05) is 179 Å². The van der Waals surface area contributed by atoms with E-state index in [1.165, 1.54) is 109 Å². The molecule has 10 heteroatoms. The Morgan fingerprint density at radius 1 is 0.574 bits per heavy atom. The quantitative estimate of drug-likeness (QED) is 0.0269. The molecule has 0 heterocycles. The Morgan fingerprint density at radius 2 is 1.02 bits per heavy atom. The number of unbranched alkanes of at least 4 members (excludes halogenated alkanes) is 22. The molecule has 0 aliphatic carbocycles. The highest BCUT2D eigenvalue weighted by atomic mass is 31.2. The molecule has 0 radical (unpaired) electrons. The van der Waals surface area contributed by atoms with Crippen molar-refractivity contribution in [3.63, 3.8) is 0 Å². The van der Waals surface area contributed by atoms with Gasteiger partial charge in [-0.25, -0.2) is 4.57 Å². The summed E-state index contributed by atoms with van der Waals surface area (Å²) < 4.78 is 32.7. The summed E-state index contributed by atoms with van der Waals surface area (Å²) in [5.41, 5.74) is 5.34. The van der Waals surface area contributed by atoms with Crippen molar-refractivity contribution >= 4 is 19.8 Å². The fourth-order valence-corrected chi connectivity index (χ4v) is 6.83. The lowest BCUT2D eigenvalue weighted by molar-refractivity contribution is -0.161. The third-order valence-electron chi connectivity index (χ3n) is 9.29. The highest BCUT2D eigenvalue weighted by molar-refractivity contribution is 7.47. The van der Waals surface area contributed by atoms with E-state index in [0.717, 1.165) is 57.8 Å². The highest BCUT2D eigenvalue weighted by Crippen LogP contribution is 2.43. The van der Waals surface area contributed by atoms with Crippen LogP contribution < -0.4 is 5.73 Å². The predicted molar refractivity (Wildman–Crippen MR) is 224 cm³/mol. The zero-order valence-electron chi connectivity index (χ0n) is 34.7. The van der Waals surface area contributed by atoms with Gasteiger partial charge in [0.15, 0.2) is 6.10 Å². The van der Waals surface area contributed by atoms with E-state index in [9.17, 15) is 19.0 Å². The van der Waals surface area contributed by atoms with Gasteiger partial charge in [0.25, 0.3) is 0 Å². The number of ether oxygens (including phenoxy) is 2. The van der Waals surface area contributed by atoms with Gasteiger partial charge >= 0.3 is 19.8 Å². The van der Waals surface area contributed by atoms with Crippen LogP contribution in [0.25, 0.3) is 0 Å². The first-order chi connectivity index (χ1) is 26.3. The summed E-state index contributed by atoms with van der Waals surface area (Å²) in [6, 6.07) is 0. The van der Waals surface area contributed by atoms with E-state index in [4.69, 9.17) is 24.3 Å². The van der Waals surface area contributed by atoms with Crippen molar-refractivity contribution in [3.05, 3.63) is 36.5 Å². The van der Waals surface area contributed by atoms with E-state index in [-0.39, 0.29) is 38.6 Å². The van der Waals surface area contributed by atoms with Crippen LogP contribution >= 0.6 is 7.82 Å². The monoisotopic (exact) mass is 784 g/mol. The number of esters is 2. The van der Waals surface area contributed by atoms with Gasteiger partial charge in [0.05, 0.1) is 13.2 Å². The molecule has 54 heavy (non-hydrogen) atoms. The van der Waals surface area contributed by atoms with Crippen LogP contribution in [0.15, 0.2) is 36.5 Å². The fourth-order valence-electron chi connectivity index (χ4n) is 6.06. The zero-order valence-corrected chi connectivity index (χ0v) is 35.6. The van der Waals surface area contributed by atoms with E-state index in [1.807, 2.05) is 0 Å². The lowest BCUT2D eigenvalue weighted by Gasteiger charge is -2.19. The molecule has 0 aliphatic heterocycles. The Balaban J connectivity index is 4.09. The van der Waals surface area contributed by atoms with Crippen molar-refractivity contribution < 1.29 is 37.6 Å². The van der Waals surface area contributed by atoms with Gasteiger partial charge in [-0.2, -0.15) is 0 Å². The second kappa shape index (κ2) is 40.9. The summed E-state index contributed by atoms with van der Waals surface area (Å²) in [5, 5.41) is 0. The smallest absolute Gasteiger partial charge is 0.462 e. The molecule has 0 saturated carbocycles. The van der Waals surface area contributed by atoms with Crippen LogP contribution in [0.2, 0.25) is 0 Å². The van der Waals surface area contributed by atoms with E-state index in [1.54, 1.807) is 0 Å². The third-order valence-corrected chi connectivity index (χ3v) is 10.3. The number of carbonyl (C=O) groups is 2. The number of rotatable bonds is 41. The van der Waals surface area contributed by atoms with Crippen LogP contribution in [-0.2, 0) is 32.7 Å². The first kappa shape index (κ1) is 52.2. The van der Waals surface area contributed by atoms with Crippen LogP contribution in [0.5, 0.6) is 0 Å². The fraction of sp³-hybridized carbons (Fsp3) is 0.818. The number of phosphoric ester groups is 1. The molecular weight excluding hydrogens is 701 g/mol. The molecule has 0 aromatic carbocycles. The van der Waals surface area contributed by atoms with Gasteiger partial charge in [-0.05, 0) is 44.9 Å². The van der Waals surface area contributed by atoms with Crippen LogP contribution in [0.3, 0.4) is 0 Å². The van der Waals surface area contributed by atoms with Crippen molar-refractivity contribution in [2.75, 3.05) is 26.4 Å². The van der Waals surface area contributed by atoms with E-state index in [0.29, 0.717) is 6.42 Å². The molecule has 0 aromatic heterocycles. The Kier molecular flexibility index (Phi) is 39.5. The average Bonchev–Trinajstić information content (AvgIpc) is 3.16. The van der Waals surface area contributed by atoms with Gasteiger partial charge in [-0.3, -0.25) is 18.6 Å². The van der Waals surface area contributed by atoms with E-state index in [2.05, 4.69) is 50.3 Å². The van der Waals surface area contributed by atoms with E-state index < -0.39 is 26.5 Å². The third kappa shape index (κ3) is 39.9. The van der Waals surface area contributed by atoms with Crippen molar-refractivity contribution in [1.82, 2.24) is 0 Å². The molecule has 2 atom stereocenters. The summed E-state index contributed by atoms with van der Waals surface area (Å²) >= 11 is 0. The minimum Gasteiger partial charge on any atom is -0.462 e. The Labute approximate surface area is 331 Å². The second-order valence-electron chi connectivity index (χ2n) is 14.5. The van der Waals surface area contributed by atoms with Crippen LogP contribution in [0.1, 0.15) is 200 Å². The van der Waals surface area contributed by atoms with Gasteiger partial charge in [0, 0.05) is 19.4 Å². The molecule has 0 spiro atoms. The molecule has 3 N–H and O–H groups in total. The van der Waals surface area contributed by atoms with Crippen molar-refractivity contribution in [2.45, 2.75) is 206 Å². The lowest BCUT2D eigenvalue weighted by atomic mass is 10.0. The molecular formula is C44H82NO8P. The Hall–Kier alpha value is -1.77. The predicted octanol–water partition coefficient (Wildman–Crippen LogP) is 12.6. The number of allylic oxidation sites excluding steroid dienone is 6. The molecule has 316 valence electrons. The van der Waals surface area contributed by atoms with Crippen LogP contribution in [0.4, 0.5) is 0 Å². The maximum absolute atomic E-state index is 12.5. The van der Waals surface area contributed by atoms with Gasteiger partial charge in [-0.15, -0.1) is 0 Å². The molecule has 9 nitrogen and oxygen atoms in total. The van der Waals surface area contributed by atoms with Crippen molar-refractivity contribution in [1.29, 1.82) is 0 Å². The molecule has 0 fully saturated rings. The van der Waals surface area contributed by atoms with Gasteiger partial charge in [0.1, 0.15) is 6.61 Å². The summed E-state index contributed by atoms with van der Waals surface area (Å²) in [7, 11) is -4.38. The topological polar surface area (TPSA) is 134 Å². The largest absolute Gasteiger partial charge is 0.472 e. The van der Waals surface area contributed by atoms with Crippen LogP contribution in [-0.4, -0.2) is 49.3 Å². The Bertz CT molecular complexity index is 986. The Morgan fingerprint density at radius 3 is 1.52 bits per heavy atom. The summed E-state index contributed by atoms with van der Waals surface area (Å²) in [5.74, 6) is -0.857. The molecule has 0 saturated heterocycles. The van der Waals surface area contributed by atoms with Crippen molar-refractivity contribution in [2.24, 2.45) is 5.73 Å². The van der Waals surface area contributed by atoms with E-state index >= 15 is 0 Å². The minimum absolute atomic E-state index is 0.0488. The number of hydrogen-bond acceptors (Lipinski definition) is 8. The normalized spacial score (nSPS) is 13.6. The molecule has 2 unspecified atom stereocenters. The number of nitrogens with two attached hydrogens (primary N) is 1. The van der Waals surface area contributed by atoms with Crippen LogP contribution in [0, 0.1) is 0 Å². The standard InChI is InChI=1S/C44H82NO8P/c1-3-5-7-9-11-13-15-17-18-19-20-21-22-23-25-26-28-30-32-34-36-43(46)50-40-42(41-52-54(48,49)51-39-38-45)53-44(47)37-35-33-31-29-27-24-16-14-12-10-8-6-4-2/h6,8,12,14,24,27,42H,3-5,7,9-11,13,15-23,25-26,28-41,45H2,1-2H3,(H,48,49)/b8-6-,14-12-,27-24-. The summed E-state index contributed by atoms with van der Waals surface area (Å²) in [6.45, 7) is 3.60. The maximum atomic E-state index is 12.5. The maximum Gasteiger partial charge on any atom is 0.472 e. The molecule has 0 bridgehead atoms. The second-order valence-corrected chi connectivity index (χ2v) is 16.0. The molecule has 0 amide bonds. The SMILES string of the molecule is CC/C=C\C/C=C\C/C=C\CCCCCC(=O)OC(COC(=O)CCCCCCCCCCCCCCCCCCCCCC)COP(=O)(O)OCCN. The summed E-state index contributed by atoms with van der Waals surface area (Å²) in [4.78, 5) is 34.8. The highest BCUT2D eigenvalue weighted by Gasteiger charge is 2.26.